The van der Waals surface area contributed by atoms with Crippen LogP contribution in [0.2, 0.25) is 0 Å². The molecule has 0 saturated heterocycles. The molecule has 0 atom stereocenters. The summed E-state index contributed by atoms with van der Waals surface area (Å²) < 4.78 is 35.7. The molecule has 0 amide bonds. The van der Waals surface area contributed by atoms with E-state index >= 15 is 0 Å². The normalized spacial score (nSPS) is 16.5. The summed E-state index contributed by atoms with van der Waals surface area (Å²) in [7, 11) is -4.37. The highest BCUT2D eigenvalue weighted by Gasteiger charge is 2.24. The molecule has 0 fully saturated rings. The van der Waals surface area contributed by atoms with Crippen LogP contribution in [0.15, 0.2) is 16.4 Å². The Balaban J connectivity index is 2.45. The predicted octanol–water partition coefficient (Wildman–Crippen LogP) is -0.635. The maximum Gasteiger partial charge on any atom is 0.312 e. The van der Waals surface area contributed by atoms with E-state index in [9.17, 15) is 8.42 Å². The maximum atomic E-state index is 10.9. The first-order valence-electron chi connectivity index (χ1n) is 3.93. The fourth-order valence-corrected chi connectivity index (χ4v) is 1.64. The second-order valence-corrected chi connectivity index (χ2v) is 4.02. The fourth-order valence-electron chi connectivity index (χ4n) is 1.06. The summed E-state index contributed by atoms with van der Waals surface area (Å²) in [5.74, 6) is -0.0253. The van der Waals surface area contributed by atoms with Gasteiger partial charge < -0.3 is 9.57 Å². The van der Waals surface area contributed by atoms with Crippen LogP contribution in [0, 0.1) is 0 Å². The molecule has 82 valence electrons. The Hall–Kier alpha value is -1.61. The molecule has 0 aromatic carbocycles. The monoisotopic (exact) mass is 233 g/mol. The van der Waals surface area contributed by atoms with E-state index < -0.39 is 15.1 Å². The van der Waals surface area contributed by atoms with Crippen LogP contribution in [0.4, 0.5) is 0 Å². The third kappa shape index (κ3) is 1.92. The van der Waals surface area contributed by atoms with Gasteiger partial charge in [-0.25, -0.2) is 0 Å². The van der Waals surface area contributed by atoms with E-state index in [2.05, 4.69) is 15.4 Å². The smallest absolute Gasteiger partial charge is 0.312 e. The maximum absolute atomic E-state index is 10.9. The molecule has 8 nitrogen and oxygen atoms in total. The van der Waals surface area contributed by atoms with Crippen molar-refractivity contribution in [2.45, 2.75) is 5.03 Å². The standard InChI is InChI=1S/C6H7N3O5S/c10-15(11,12)6-4(3-7-8-6)5-9-14-2-1-13-5/h3H,1-2H2,(H,7,8)(H,10,11,12). The van der Waals surface area contributed by atoms with Crippen molar-refractivity contribution in [3.8, 4) is 0 Å². The highest BCUT2D eigenvalue weighted by molar-refractivity contribution is 7.85. The number of nitrogens with one attached hydrogen (secondary N) is 1. The summed E-state index contributed by atoms with van der Waals surface area (Å²) in [6, 6.07) is 0. The largest absolute Gasteiger partial charge is 0.471 e. The molecular weight excluding hydrogens is 226 g/mol. The van der Waals surface area contributed by atoms with Gasteiger partial charge >= 0.3 is 10.1 Å². The minimum atomic E-state index is -4.37. The zero-order valence-electron chi connectivity index (χ0n) is 7.37. The molecule has 1 aromatic heterocycles. The van der Waals surface area contributed by atoms with Crippen molar-refractivity contribution in [2.24, 2.45) is 5.16 Å². The van der Waals surface area contributed by atoms with Crippen molar-refractivity contribution in [3.63, 3.8) is 0 Å². The Morgan fingerprint density at radius 3 is 2.87 bits per heavy atom. The van der Waals surface area contributed by atoms with E-state index in [4.69, 9.17) is 14.1 Å². The number of oxime groups is 1. The summed E-state index contributed by atoms with van der Waals surface area (Å²) in [5.41, 5.74) is 0.0391. The van der Waals surface area contributed by atoms with Crippen molar-refractivity contribution in [1.82, 2.24) is 10.2 Å². The van der Waals surface area contributed by atoms with Gasteiger partial charge in [0.05, 0.1) is 11.8 Å². The molecule has 2 N–H and O–H groups in total. The van der Waals surface area contributed by atoms with Crippen LogP contribution in [0.3, 0.4) is 0 Å². The number of ether oxygens (including phenoxy) is 1. The van der Waals surface area contributed by atoms with E-state index in [0.29, 0.717) is 6.61 Å². The van der Waals surface area contributed by atoms with Gasteiger partial charge in [0.1, 0.15) is 6.61 Å². The van der Waals surface area contributed by atoms with Gasteiger partial charge in [-0.3, -0.25) is 9.65 Å². The first-order valence-corrected chi connectivity index (χ1v) is 5.37. The van der Waals surface area contributed by atoms with Crippen molar-refractivity contribution in [1.29, 1.82) is 0 Å². The number of aromatic amines is 1. The van der Waals surface area contributed by atoms with Crippen LogP contribution in [-0.4, -0.2) is 42.3 Å². The lowest BCUT2D eigenvalue weighted by atomic mass is 10.3. The summed E-state index contributed by atoms with van der Waals surface area (Å²) in [6.45, 7) is 0.553. The number of hydrogen-bond acceptors (Lipinski definition) is 6. The molecule has 1 aromatic rings. The average molecular weight is 233 g/mol. The first kappa shape index (κ1) is 9.93. The molecule has 0 radical (unpaired) electrons. The number of hydrogen-bond donors (Lipinski definition) is 2. The minimum absolute atomic E-state index is 0.0253. The van der Waals surface area contributed by atoms with E-state index in [-0.39, 0.29) is 18.1 Å². The lowest BCUT2D eigenvalue weighted by Crippen LogP contribution is -2.18. The van der Waals surface area contributed by atoms with Gasteiger partial charge in [-0.15, -0.1) is 0 Å². The van der Waals surface area contributed by atoms with Crippen molar-refractivity contribution < 1.29 is 22.5 Å². The molecule has 0 unspecified atom stereocenters. The van der Waals surface area contributed by atoms with Gasteiger partial charge in [0.15, 0.2) is 11.6 Å². The Bertz CT molecular complexity index is 491. The highest BCUT2D eigenvalue weighted by atomic mass is 32.2. The highest BCUT2D eigenvalue weighted by Crippen LogP contribution is 2.14. The van der Waals surface area contributed by atoms with Crippen LogP contribution in [0.1, 0.15) is 5.56 Å². The zero-order valence-corrected chi connectivity index (χ0v) is 8.19. The van der Waals surface area contributed by atoms with Gasteiger partial charge in [0.2, 0.25) is 0 Å². The Morgan fingerprint density at radius 2 is 2.27 bits per heavy atom. The van der Waals surface area contributed by atoms with Crippen LogP contribution in [-0.2, 0) is 19.7 Å². The summed E-state index contributed by atoms with van der Waals surface area (Å²) in [5, 5.41) is 8.66. The van der Waals surface area contributed by atoms with Gasteiger partial charge in [0, 0.05) is 0 Å². The fraction of sp³-hybridized carbons (Fsp3) is 0.333. The second kappa shape index (κ2) is 3.51. The molecule has 0 bridgehead atoms. The third-order valence-electron chi connectivity index (χ3n) is 1.65. The van der Waals surface area contributed by atoms with E-state index in [0.717, 1.165) is 0 Å². The molecule has 0 saturated carbocycles. The van der Waals surface area contributed by atoms with Crippen molar-refractivity contribution in [3.05, 3.63) is 11.8 Å². The molecule has 15 heavy (non-hydrogen) atoms. The molecule has 2 rings (SSSR count). The molecular formula is C6H7N3O5S. The van der Waals surface area contributed by atoms with Gasteiger partial charge in [-0.2, -0.15) is 13.5 Å². The second-order valence-electron chi connectivity index (χ2n) is 2.67. The molecule has 2 heterocycles. The Kier molecular flexibility index (Phi) is 2.32. The van der Waals surface area contributed by atoms with Crippen LogP contribution in [0.5, 0.6) is 0 Å². The van der Waals surface area contributed by atoms with E-state index in [1.807, 2.05) is 0 Å². The van der Waals surface area contributed by atoms with E-state index in [1.165, 1.54) is 6.20 Å². The first-order chi connectivity index (χ1) is 7.09. The molecule has 1 aliphatic heterocycles. The lowest BCUT2D eigenvalue weighted by Gasteiger charge is -2.12. The number of nitrogens with zero attached hydrogens (tertiary/aromatic N) is 2. The quantitative estimate of drug-likeness (QED) is 0.657. The topological polar surface area (TPSA) is 114 Å². The molecule has 9 heteroatoms. The van der Waals surface area contributed by atoms with E-state index in [1.54, 1.807) is 0 Å². The molecule has 0 aliphatic carbocycles. The summed E-state index contributed by atoms with van der Waals surface area (Å²) in [4.78, 5) is 4.72. The average Bonchev–Trinajstić information content (AvgIpc) is 2.67. The van der Waals surface area contributed by atoms with Gasteiger partial charge in [-0.05, 0) is 5.16 Å². The van der Waals surface area contributed by atoms with Crippen LogP contribution >= 0.6 is 0 Å². The summed E-state index contributed by atoms with van der Waals surface area (Å²) in [6.07, 6.45) is 1.18. The Morgan fingerprint density at radius 1 is 1.47 bits per heavy atom. The molecule has 0 spiro atoms. The van der Waals surface area contributed by atoms with Gasteiger partial charge in [-0.1, -0.05) is 0 Å². The van der Waals surface area contributed by atoms with Crippen molar-refractivity contribution in [2.75, 3.05) is 13.2 Å². The summed E-state index contributed by atoms with van der Waals surface area (Å²) >= 11 is 0. The Labute approximate surface area is 84.6 Å². The minimum Gasteiger partial charge on any atom is -0.471 e. The van der Waals surface area contributed by atoms with Gasteiger partial charge in [0.25, 0.3) is 5.90 Å². The zero-order chi connectivity index (χ0) is 10.9. The van der Waals surface area contributed by atoms with Crippen molar-refractivity contribution >= 4 is 16.0 Å². The molecule has 1 aliphatic rings. The van der Waals surface area contributed by atoms with Crippen LogP contribution in [0.25, 0.3) is 0 Å². The third-order valence-corrected chi connectivity index (χ3v) is 2.48. The SMILES string of the molecule is O=S(=O)(O)c1[nH]ncc1C1=NOCCO1. The van der Waals surface area contributed by atoms with Crippen LogP contribution < -0.4 is 0 Å². The number of rotatable bonds is 2. The number of aromatic nitrogens is 2. The lowest BCUT2D eigenvalue weighted by molar-refractivity contribution is 0.0653. The predicted molar refractivity (Wildman–Crippen MR) is 46.8 cm³/mol. The number of H-pyrrole nitrogens is 1.